The van der Waals surface area contributed by atoms with E-state index in [1.54, 1.807) is 36.4 Å². The van der Waals surface area contributed by atoms with Crippen molar-refractivity contribution in [1.29, 1.82) is 5.26 Å². The molecule has 3 rings (SSSR count). The van der Waals surface area contributed by atoms with Crippen molar-refractivity contribution in [1.82, 2.24) is 4.98 Å². The Morgan fingerprint density at radius 1 is 1.12 bits per heavy atom. The second-order valence-electron chi connectivity index (χ2n) is 5.09. The summed E-state index contributed by atoms with van der Waals surface area (Å²) in [5.41, 5.74) is 1.55. The third-order valence-electron chi connectivity index (χ3n) is 3.29. The van der Waals surface area contributed by atoms with Crippen LogP contribution in [-0.2, 0) is 0 Å². The first-order chi connectivity index (χ1) is 12.1. The molecule has 1 heterocycles. The normalized spacial score (nSPS) is 9.92. The molecule has 1 aromatic heterocycles. The number of pyridine rings is 1. The van der Waals surface area contributed by atoms with Crippen molar-refractivity contribution < 1.29 is 9.53 Å². The van der Waals surface area contributed by atoms with E-state index in [1.807, 2.05) is 30.3 Å². The number of hydrogen-bond donors (Lipinski definition) is 1. The lowest BCUT2D eigenvalue weighted by Crippen LogP contribution is -2.12. The lowest BCUT2D eigenvalue weighted by Gasteiger charge is -2.07. The van der Waals surface area contributed by atoms with Gasteiger partial charge in [-0.05, 0) is 48.5 Å². The Morgan fingerprint density at radius 3 is 2.56 bits per heavy atom. The monoisotopic (exact) mass is 393 g/mol. The number of rotatable bonds is 4. The second kappa shape index (κ2) is 7.60. The molecule has 2 aromatic carbocycles. The van der Waals surface area contributed by atoms with E-state index in [0.29, 0.717) is 28.4 Å². The number of nitrogens with zero attached hydrogens (tertiary/aromatic N) is 2. The molecule has 1 amide bonds. The standard InChI is InChI=1S/C19H12BrN3O2/c20-15-2-1-3-17(10-15)25-18-9-6-14(12-22-18)19(24)23-16-7-4-13(11-21)5-8-16/h1-10,12H,(H,23,24). The Hall–Kier alpha value is -3.17. The minimum atomic E-state index is -0.286. The summed E-state index contributed by atoms with van der Waals surface area (Å²) in [5.74, 6) is 0.760. The number of carbonyl (C=O) groups is 1. The number of aromatic nitrogens is 1. The van der Waals surface area contributed by atoms with Crippen LogP contribution in [0.15, 0.2) is 71.3 Å². The van der Waals surface area contributed by atoms with Crippen molar-refractivity contribution in [3.05, 3.63) is 82.5 Å². The average molecular weight is 394 g/mol. The first-order valence-corrected chi connectivity index (χ1v) is 8.14. The fraction of sp³-hybridized carbons (Fsp3) is 0. The van der Waals surface area contributed by atoms with Gasteiger partial charge in [-0.25, -0.2) is 4.98 Å². The lowest BCUT2D eigenvalue weighted by atomic mass is 10.2. The van der Waals surface area contributed by atoms with Crippen LogP contribution in [-0.4, -0.2) is 10.9 Å². The van der Waals surface area contributed by atoms with Crippen LogP contribution in [0.1, 0.15) is 15.9 Å². The van der Waals surface area contributed by atoms with Crippen molar-refractivity contribution in [2.75, 3.05) is 5.32 Å². The predicted molar refractivity (Wildman–Crippen MR) is 97.6 cm³/mol. The van der Waals surface area contributed by atoms with Crippen LogP contribution >= 0.6 is 15.9 Å². The van der Waals surface area contributed by atoms with Gasteiger partial charge in [0.15, 0.2) is 0 Å². The third kappa shape index (κ3) is 4.43. The molecule has 0 spiro atoms. The first-order valence-electron chi connectivity index (χ1n) is 7.35. The average Bonchev–Trinajstić information content (AvgIpc) is 2.63. The number of ether oxygens (including phenoxy) is 1. The molecule has 0 aliphatic carbocycles. The molecule has 1 N–H and O–H groups in total. The lowest BCUT2D eigenvalue weighted by molar-refractivity contribution is 0.102. The number of anilines is 1. The molecule has 122 valence electrons. The summed E-state index contributed by atoms with van der Waals surface area (Å²) in [5, 5.41) is 11.5. The van der Waals surface area contributed by atoms with Crippen molar-refractivity contribution in [3.8, 4) is 17.7 Å². The van der Waals surface area contributed by atoms with Gasteiger partial charge in [0.2, 0.25) is 5.88 Å². The van der Waals surface area contributed by atoms with Gasteiger partial charge in [0, 0.05) is 22.4 Å². The molecule has 0 atom stereocenters. The third-order valence-corrected chi connectivity index (χ3v) is 3.78. The molecule has 5 nitrogen and oxygen atoms in total. The van der Waals surface area contributed by atoms with E-state index in [9.17, 15) is 4.79 Å². The van der Waals surface area contributed by atoms with Gasteiger partial charge in [0.1, 0.15) is 5.75 Å². The Morgan fingerprint density at radius 2 is 1.92 bits per heavy atom. The van der Waals surface area contributed by atoms with Gasteiger partial charge in [0.25, 0.3) is 5.91 Å². The largest absolute Gasteiger partial charge is 0.439 e. The van der Waals surface area contributed by atoms with E-state index in [4.69, 9.17) is 10.00 Å². The zero-order valence-corrected chi connectivity index (χ0v) is 14.5. The van der Waals surface area contributed by atoms with E-state index in [-0.39, 0.29) is 5.91 Å². The van der Waals surface area contributed by atoms with E-state index in [0.717, 1.165) is 4.47 Å². The maximum absolute atomic E-state index is 12.2. The molecular weight excluding hydrogens is 382 g/mol. The van der Waals surface area contributed by atoms with Crippen LogP contribution in [0.25, 0.3) is 0 Å². The number of halogens is 1. The number of benzene rings is 2. The number of carbonyl (C=O) groups excluding carboxylic acids is 1. The predicted octanol–water partition coefficient (Wildman–Crippen LogP) is 4.76. The summed E-state index contributed by atoms with van der Waals surface area (Å²) in [6.07, 6.45) is 1.45. The van der Waals surface area contributed by atoms with Crippen LogP contribution in [0.2, 0.25) is 0 Å². The van der Waals surface area contributed by atoms with Crippen LogP contribution in [0, 0.1) is 11.3 Å². The fourth-order valence-corrected chi connectivity index (χ4v) is 2.44. The van der Waals surface area contributed by atoms with Gasteiger partial charge in [0.05, 0.1) is 17.2 Å². The van der Waals surface area contributed by atoms with Gasteiger partial charge < -0.3 is 10.1 Å². The molecule has 0 bridgehead atoms. The van der Waals surface area contributed by atoms with Gasteiger partial charge in [-0.2, -0.15) is 5.26 Å². The number of nitriles is 1. The summed E-state index contributed by atoms with van der Waals surface area (Å²) >= 11 is 3.38. The van der Waals surface area contributed by atoms with Gasteiger partial charge in [-0.1, -0.05) is 22.0 Å². The summed E-state index contributed by atoms with van der Waals surface area (Å²) in [4.78, 5) is 16.4. The fourth-order valence-electron chi connectivity index (χ4n) is 2.06. The van der Waals surface area contributed by atoms with Gasteiger partial charge >= 0.3 is 0 Å². The Labute approximate surface area is 153 Å². The van der Waals surface area contributed by atoms with Gasteiger partial charge in [-0.3, -0.25) is 4.79 Å². The minimum absolute atomic E-state index is 0.286. The van der Waals surface area contributed by atoms with Crippen molar-refractivity contribution in [3.63, 3.8) is 0 Å². The second-order valence-corrected chi connectivity index (χ2v) is 6.00. The van der Waals surface area contributed by atoms with Crippen molar-refractivity contribution >= 4 is 27.5 Å². The van der Waals surface area contributed by atoms with Crippen molar-refractivity contribution in [2.45, 2.75) is 0 Å². The SMILES string of the molecule is N#Cc1ccc(NC(=O)c2ccc(Oc3cccc(Br)c3)nc2)cc1. The summed E-state index contributed by atoms with van der Waals surface area (Å²) in [7, 11) is 0. The maximum Gasteiger partial charge on any atom is 0.257 e. The molecule has 3 aromatic rings. The highest BCUT2D eigenvalue weighted by Gasteiger charge is 2.08. The van der Waals surface area contributed by atoms with E-state index in [1.165, 1.54) is 6.20 Å². The molecule has 0 saturated carbocycles. The highest BCUT2D eigenvalue weighted by Crippen LogP contribution is 2.23. The zero-order chi connectivity index (χ0) is 17.6. The summed E-state index contributed by atoms with van der Waals surface area (Å²) in [6.45, 7) is 0. The number of hydrogen-bond acceptors (Lipinski definition) is 4. The van der Waals surface area contributed by atoms with Crippen LogP contribution in [0.5, 0.6) is 11.6 Å². The van der Waals surface area contributed by atoms with E-state index >= 15 is 0 Å². The zero-order valence-electron chi connectivity index (χ0n) is 12.9. The Balaban J connectivity index is 1.66. The molecule has 0 aliphatic heterocycles. The Bertz CT molecular complexity index is 932. The molecule has 0 unspecified atom stereocenters. The molecule has 0 aliphatic rings. The van der Waals surface area contributed by atoms with Crippen LogP contribution in [0.4, 0.5) is 5.69 Å². The molecule has 6 heteroatoms. The van der Waals surface area contributed by atoms with E-state index < -0.39 is 0 Å². The summed E-state index contributed by atoms with van der Waals surface area (Å²) in [6, 6.07) is 19.3. The Kier molecular flexibility index (Phi) is 5.07. The van der Waals surface area contributed by atoms with Crippen molar-refractivity contribution in [2.24, 2.45) is 0 Å². The van der Waals surface area contributed by atoms with Crippen LogP contribution < -0.4 is 10.1 Å². The topological polar surface area (TPSA) is 75.0 Å². The molecule has 0 radical (unpaired) electrons. The molecule has 0 fully saturated rings. The summed E-state index contributed by atoms with van der Waals surface area (Å²) < 4.78 is 6.54. The van der Waals surface area contributed by atoms with Gasteiger partial charge in [-0.15, -0.1) is 0 Å². The molecule has 0 saturated heterocycles. The maximum atomic E-state index is 12.2. The highest BCUT2D eigenvalue weighted by molar-refractivity contribution is 9.10. The molecular formula is C19H12BrN3O2. The first kappa shape index (κ1) is 16.7. The smallest absolute Gasteiger partial charge is 0.257 e. The van der Waals surface area contributed by atoms with Crippen LogP contribution in [0.3, 0.4) is 0 Å². The minimum Gasteiger partial charge on any atom is -0.439 e. The number of amides is 1. The highest BCUT2D eigenvalue weighted by atomic mass is 79.9. The van der Waals surface area contributed by atoms with E-state index in [2.05, 4.69) is 26.2 Å². The molecule has 25 heavy (non-hydrogen) atoms. The quantitative estimate of drug-likeness (QED) is 0.692. The number of nitrogens with one attached hydrogen (secondary N) is 1.